The van der Waals surface area contributed by atoms with Gasteiger partial charge in [-0.2, -0.15) is 0 Å². The standard InChI is InChI=1S/C12H12F2N2O4/c1-5-2-6(8(14)3-7(5)13)11(18)16-9(12(19)20)4-10(15)17/h2-3,9H,4H2,1H3,(H2,15,17)(H,16,18)(H,19,20)/t9-/m0/s1. The summed E-state index contributed by atoms with van der Waals surface area (Å²) in [5.41, 5.74) is 4.35. The second kappa shape index (κ2) is 6.09. The summed E-state index contributed by atoms with van der Waals surface area (Å²) in [5.74, 6) is -5.45. The van der Waals surface area contributed by atoms with Crippen molar-refractivity contribution in [3.8, 4) is 0 Å². The Bertz CT molecular complexity index is 575. The Hall–Kier alpha value is -2.51. The van der Waals surface area contributed by atoms with Gasteiger partial charge in [-0.25, -0.2) is 13.6 Å². The van der Waals surface area contributed by atoms with Crippen LogP contribution in [-0.2, 0) is 9.59 Å². The average Bonchev–Trinajstić information content (AvgIpc) is 2.32. The number of rotatable bonds is 5. The molecule has 0 saturated heterocycles. The smallest absolute Gasteiger partial charge is 0.326 e. The van der Waals surface area contributed by atoms with E-state index in [2.05, 4.69) is 0 Å². The SMILES string of the molecule is Cc1cc(C(=O)N[C@@H](CC(N)=O)C(=O)O)c(F)cc1F. The van der Waals surface area contributed by atoms with E-state index in [1.165, 1.54) is 6.92 Å². The molecule has 0 aliphatic carbocycles. The van der Waals surface area contributed by atoms with Gasteiger partial charge < -0.3 is 16.2 Å². The molecule has 0 heterocycles. The van der Waals surface area contributed by atoms with Crippen molar-refractivity contribution in [1.82, 2.24) is 5.32 Å². The second-order valence-corrected chi connectivity index (χ2v) is 4.12. The number of hydrogen-bond donors (Lipinski definition) is 3. The maximum Gasteiger partial charge on any atom is 0.326 e. The Labute approximate surface area is 112 Å². The van der Waals surface area contributed by atoms with E-state index in [1.807, 2.05) is 5.32 Å². The van der Waals surface area contributed by atoms with Crippen LogP contribution in [0.4, 0.5) is 8.78 Å². The van der Waals surface area contributed by atoms with Gasteiger partial charge in [-0.15, -0.1) is 0 Å². The van der Waals surface area contributed by atoms with E-state index in [0.717, 1.165) is 6.07 Å². The maximum absolute atomic E-state index is 13.5. The highest BCUT2D eigenvalue weighted by molar-refractivity contribution is 5.97. The van der Waals surface area contributed by atoms with Gasteiger partial charge in [0.25, 0.3) is 5.91 Å². The van der Waals surface area contributed by atoms with Crippen LogP contribution in [0, 0.1) is 18.6 Å². The number of hydrogen-bond acceptors (Lipinski definition) is 3. The third-order valence-electron chi connectivity index (χ3n) is 2.50. The molecule has 0 aromatic heterocycles. The fourth-order valence-corrected chi connectivity index (χ4v) is 1.47. The first-order valence-electron chi connectivity index (χ1n) is 5.50. The lowest BCUT2D eigenvalue weighted by molar-refractivity contribution is -0.140. The first kappa shape index (κ1) is 15.5. The van der Waals surface area contributed by atoms with Crippen molar-refractivity contribution in [3.05, 3.63) is 34.9 Å². The van der Waals surface area contributed by atoms with Gasteiger partial charge >= 0.3 is 5.97 Å². The van der Waals surface area contributed by atoms with Crippen LogP contribution in [0.5, 0.6) is 0 Å². The summed E-state index contributed by atoms with van der Waals surface area (Å²) >= 11 is 0. The van der Waals surface area contributed by atoms with Crippen molar-refractivity contribution < 1.29 is 28.3 Å². The Morgan fingerprint density at radius 3 is 2.40 bits per heavy atom. The number of carboxylic acid groups (broad SMARTS) is 1. The first-order chi connectivity index (χ1) is 9.22. The van der Waals surface area contributed by atoms with Crippen LogP contribution in [0.25, 0.3) is 0 Å². The zero-order valence-corrected chi connectivity index (χ0v) is 10.4. The molecule has 2 amide bonds. The second-order valence-electron chi connectivity index (χ2n) is 4.12. The minimum Gasteiger partial charge on any atom is -0.480 e. The molecule has 8 heteroatoms. The molecule has 1 rings (SSSR count). The summed E-state index contributed by atoms with van der Waals surface area (Å²) in [6.07, 6.45) is -0.636. The number of benzene rings is 1. The molecule has 0 aliphatic heterocycles. The quantitative estimate of drug-likeness (QED) is 0.724. The van der Waals surface area contributed by atoms with Gasteiger partial charge in [-0.05, 0) is 18.6 Å². The molecule has 1 aromatic rings. The third kappa shape index (κ3) is 3.74. The average molecular weight is 286 g/mol. The molecule has 1 atom stereocenters. The molecule has 20 heavy (non-hydrogen) atoms. The van der Waals surface area contributed by atoms with Crippen molar-refractivity contribution >= 4 is 17.8 Å². The zero-order chi connectivity index (χ0) is 15.4. The molecular weight excluding hydrogens is 274 g/mol. The number of carbonyl (C=O) groups excluding carboxylic acids is 2. The number of primary amides is 1. The number of aliphatic carboxylic acids is 1. The van der Waals surface area contributed by atoms with Gasteiger partial charge in [0.05, 0.1) is 12.0 Å². The maximum atomic E-state index is 13.5. The van der Waals surface area contributed by atoms with E-state index in [-0.39, 0.29) is 5.56 Å². The fourth-order valence-electron chi connectivity index (χ4n) is 1.47. The van der Waals surface area contributed by atoms with E-state index < -0.39 is 47.4 Å². The normalized spacial score (nSPS) is 11.8. The summed E-state index contributed by atoms with van der Waals surface area (Å²) < 4.78 is 26.5. The number of nitrogens with two attached hydrogens (primary N) is 1. The van der Waals surface area contributed by atoms with Crippen LogP contribution in [0.1, 0.15) is 22.3 Å². The molecule has 0 unspecified atom stereocenters. The molecule has 0 spiro atoms. The minimum absolute atomic E-state index is 0.0262. The molecule has 0 radical (unpaired) electrons. The summed E-state index contributed by atoms with van der Waals surface area (Å²) in [4.78, 5) is 33.2. The van der Waals surface area contributed by atoms with Crippen LogP contribution in [0.2, 0.25) is 0 Å². The van der Waals surface area contributed by atoms with Gasteiger partial charge in [0.1, 0.15) is 17.7 Å². The molecule has 0 aliphatic rings. The first-order valence-corrected chi connectivity index (χ1v) is 5.50. The van der Waals surface area contributed by atoms with Crippen LogP contribution in [-0.4, -0.2) is 28.9 Å². The van der Waals surface area contributed by atoms with E-state index in [0.29, 0.717) is 6.07 Å². The zero-order valence-electron chi connectivity index (χ0n) is 10.4. The van der Waals surface area contributed by atoms with Gasteiger partial charge in [-0.3, -0.25) is 9.59 Å². The highest BCUT2D eigenvalue weighted by Crippen LogP contribution is 2.14. The molecular formula is C12H12F2N2O4. The molecule has 0 bridgehead atoms. The molecule has 1 aromatic carbocycles. The third-order valence-corrected chi connectivity index (χ3v) is 2.50. The number of carboxylic acids is 1. The van der Waals surface area contributed by atoms with Gasteiger partial charge in [0, 0.05) is 6.07 Å². The van der Waals surface area contributed by atoms with E-state index in [1.54, 1.807) is 0 Å². The topological polar surface area (TPSA) is 109 Å². The van der Waals surface area contributed by atoms with Crippen molar-refractivity contribution in [2.75, 3.05) is 0 Å². The van der Waals surface area contributed by atoms with Crippen molar-refractivity contribution in [2.24, 2.45) is 5.73 Å². The summed E-state index contributed by atoms with van der Waals surface area (Å²) in [6, 6.07) is -0.109. The lowest BCUT2D eigenvalue weighted by atomic mass is 10.1. The largest absolute Gasteiger partial charge is 0.480 e. The Kier molecular flexibility index (Phi) is 4.73. The number of halogens is 2. The number of aryl methyl sites for hydroxylation is 1. The highest BCUT2D eigenvalue weighted by Gasteiger charge is 2.24. The summed E-state index contributed by atoms with van der Waals surface area (Å²) in [7, 11) is 0. The van der Waals surface area contributed by atoms with Crippen molar-refractivity contribution in [2.45, 2.75) is 19.4 Å². The molecule has 6 nitrogen and oxygen atoms in total. The van der Waals surface area contributed by atoms with Crippen molar-refractivity contribution in [3.63, 3.8) is 0 Å². The Balaban J connectivity index is 2.97. The summed E-state index contributed by atoms with van der Waals surface area (Å²) in [6.45, 7) is 1.32. The molecule has 0 fully saturated rings. The Morgan fingerprint density at radius 1 is 1.30 bits per heavy atom. The predicted molar refractivity (Wildman–Crippen MR) is 63.8 cm³/mol. The van der Waals surface area contributed by atoms with E-state index in [4.69, 9.17) is 10.8 Å². The monoisotopic (exact) mass is 286 g/mol. The van der Waals surface area contributed by atoms with Crippen molar-refractivity contribution in [1.29, 1.82) is 0 Å². The fraction of sp³-hybridized carbons (Fsp3) is 0.250. The lowest BCUT2D eigenvalue weighted by Crippen LogP contribution is -2.43. The highest BCUT2D eigenvalue weighted by atomic mass is 19.1. The predicted octanol–water partition coefficient (Wildman–Crippen LogP) is 0.332. The number of amides is 2. The minimum atomic E-state index is -1.58. The van der Waals surface area contributed by atoms with Crippen LogP contribution in [0.3, 0.4) is 0 Å². The van der Waals surface area contributed by atoms with Gasteiger partial charge in [0.2, 0.25) is 5.91 Å². The lowest BCUT2D eigenvalue weighted by Gasteiger charge is -2.13. The van der Waals surface area contributed by atoms with Gasteiger partial charge in [0.15, 0.2) is 0 Å². The Morgan fingerprint density at radius 2 is 1.90 bits per heavy atom. The molecule has 0 saturated carbocycles. The number of nitrogens with one attached hydrogen (secondary N) is 1. The van der Waals surface area contributed by atoms with Gasteiger partial charge in [-0.1, -0.05) is 0 Å². The van der Waals surface area contributed by atoms with E-state index >= 15 is 0 Å². The number of carbonyl (C=O) groups is 3. The summed E-state index contributed by atoms with van der Waals surface area (Å²) in [5, 5.41) is 10.8. The van der Waals surface area contributed by atoms with Crippen LogP contribution in [0.15, 0.2) is 12.1 Å². The molecule has 4 N–H and O–H groups in total. The van der Waals surface area contributed by atoms with Crippen LogP contribution < -0.4 is 11.1 Å². The molecule has 108 valence electrons. The van der Waals surface area contributed by atoms with Crippen LogP contribution >= 0.6 is 0 Å². The van der Waals surface area contributed by atoms with E-state index in [9.17, 15) is 23.2 Å².